The van der Waals surface area contributed by atoms with Gasteiger partial charge in [-0.1, -0.05) is 25.3 Å². The zero-order valence-electron chi connectivity index (χ0n) is 15.3. The number of aryl methyl sites for hydroxylation is 2. The minimum absolute atomic E-state index is 0.317. The Labute approximate surface area is 150 Å². The van der Waals surface area contributed by atoms with E-state index in [-0.39, 0.29) is 0 Å². The summed E-state index contributed by atoms with van der Waals surface area (Å²) in [4.78, 5) is 4.36. The number of unbranched alkanes of at least 4 members (excludes halogenated alkanes) is 4. The van der Waals surface area contributed by atoms with Gasteiger partial charge < -0.3 is 0 Å². The van der Waals surface area contributed by atoms with E-state index in [1.54, 1.807) is 32.1 Å². The van der Waals surface area contributed by atoms with E-state index in [0.717, 1.165) is 44.0 Å². The molecule has 0 radical (unpaired) electrons. The number of fused-ring (bicyclic) bond motifs is 1. The van der Waals surface area contributed by atoms with Crippen LogP contribution in [0, 0.1) is 6.92 Å². The third-order valence-electron chi connectivity index (χ3n) is 4.65. The molecule has 0 amide bonds. The first-order valence-electron chi connectivity index (χ1n) is 8.76. The van der Waals surface area contributed by atoms with Gasteiger partial charge in [0.2, 0.25) is 0 Å². The summed E-state index contributed by atoms with van der Waals surface area (Å²) in [5.41, 5.74) is 5.79. The van der Waals surface area contributed by atoms with Gasteiger partial charge in [0.25, 0.3) is 0 Å². The van der Waals surface area contributed by atoms with Crippen LogP contribution in [0.5, 0.6) is 0 Å². The lowest BCUT2D eigenvalue weighted by Gasteiger charge is -2.18. The smallest absolute Gasteiger partial charge is 0.155 e. The Morgan fingerprint density at radius 3 is 2.42 bits per heavy atom. The van der Waals surface area contributed by atoms with E-state index in [4.69, 9.17) is 0 Å². The zero-order chi connectivity index (χ0) is 17.8. The molecular weight excluding hydrogens is 338 g/mol. The first-order chi connectivity index (χ1) is 11.2. The molecule has 134 valence electrons. The molecule has 0 saturated heterocycles. The Hall–Kier alpha value is -0.940. The summed E-state index contributed by atoms with van der Waals surface area (Å²) in [6.45, 7) is 7.53. The minimum Gasteiger partial charge on any atom is -0.245 e. The fourth-order valence-electron chi connectivity index (χ4n) is 2.82. The highest BCUT2D eigenvalue weighted by Gasteiger charge is 2.27. The molecule has 0 N–H and O–H groups in total. The van der Waals surface area contributed by atoms with Gasteiger partial charge >= 0.3 is 0 Å². The number of hydrogen-bond donors (Lipinski definition) is 0. The number of nitrogens with zero attached hydrogens (tertiary/aromatic N) is 1. The summed E-state index contributed by atoms with van der Waals surface area (Å²) in [5, 5.41) is 0. The molecule has 2 rings (SSSR count). The second-order valence-electron chi connectivity index (χ2n) is 7.50. The Balaban J connectivity index is 1.69. The van der Waals surface area contributed by atoms with Crippen LogP contribution in [0.1, 0.15) is 64.0 Å². The maximum Gasteiger partial charge on any atom is 0.155 e. The van der Waals surface area contributed by atoms with Crippen molar-refractivity contribution in [1.29, 1.82) is 0 Å². The van der Waals surface area contributed by atoms with E-state index in [2.05, 4.69) is 24.0 Å². The van der Waals surface area contributed by atoms with Gasteiger partial charge in [0.1, 0.15) is 0 Å². The van der Waals surface area contributed by atoms with Crippen molar-refractivity contribution in [3.05, 3.63) is 28.8 Å². The summed E-state index contributed by atoms with van der Waals surface area (Å²) in [5.74, 6) is 0.317. The largest absolute Gasteiger partial charge is 0.245 e. The highest BCUT2D eigenvalue weighted by Crippen LogP contribution is 2.26. The van der Waals surface area contributed by atoms with Crippen LogP contribution >= 0.6 is 11.3 Å². The van der Waals surface area contributed by atoms with Crippen LogP contribution in [0.3, 0.4) is 0 Å². The predicted molar refractivity (Wildman–Crippen MR) is 105 cm³/mol. The molecule has 1 aromatic heterocycles. The van der Waals surface area contributed by atoms with Crippen molar-refractivity contribution in [1.82, 2.24) is 4.98 Å². The lowest BCUT2D eigenvalue weighted by molar-refractivity contribution is 0.552. The summed E-state index contributed by atoms with van der Waals surface area (Å²) < 4.78 is 24.8. The number of benzene rings is 1. The lowest BCUT2D eigenvalue weighted by atomic mass is 10.0. The number of sulfone groups is 1. The first-order valence-corrected chi connectivity index (χ1v) is 11.3. The molecule has 0 bridgehead atoms. The van der Waals surface area contributed by atoms with Crippen molar-refractivity contribution >= 4 is 31.4 Å². The molecule has 0 aliphatic heterocycles. The van der Waals surface area contributed by atoms with Gasteiger partial charge in [0.05, 0.1) is 26.2 Å². The fourth-order valence-corrected chi connectivity index (χ4v) is 4.84. The Morgan fingerprint density at radius 1 is 1.04 bits per heavy atom. The highest BCUT2D eigenvalue weighted by atomic mass is 32.2. The van der Waals surface area contributed by atoms with Crippen LogP contribution in [0.2, 0.25) is 0 Å². The van der Waals surface area contributed by atoms with E-state index < -0.39 is 14.6 Å². The number of rotatable bonds is 8. The molecule has 1 heterocycles. The lowest BCUT2D eigenvalue weighted by Crippen LogP contribution is -2.30. The molecular formula is C19H29NO2S2. The van der Waals surface area contributed by atoms with Gasteiger partial charge in [-0.2, -0.15) is 0 Å². The average molecular weight is 368 g/mol. The second kappa shape index (κ2) is 7.96. The van der Waals surface area contributed by atoms with E-state index in [1.807, 2.05) is 5.51 Å². The van der Waals surface area contributed by atoms with Gasteiger partial charge in [0.15, 0.2) is 9.84 Å². The number of hydrogen-bond acceptors (Lipinski definition) is 4. The van der Waals surface area contributed by atoms with Crippen molar-refractivity contribution < 1.29 is 8.42 Å². The number of aromatic nitrogens is 1. The molecule has 0 unspecified atom stereocenters. The molecule has 5 heteroatoms. The highest BCUT2D eigenvalue weighted by molar-refractivity contribution is 7.92. The van der Waals surface area contributed by atoms with Crippen LogP contribution in [0.4, 0.5) is 0 Å². The third kappa shape index (κ3) is 4.79. The van der Waals surface area contributed by atoms with E-state index in [9.17, 15) is 8.42 Å². The average Bonchev–Trinajstić information content (AvgIpc) is 2.96. The summed E-state index contributed by atoms with van der Waals surface area (Å²) >= 11 is 1.71. The maximum absolute atomic E-state index is 12.0. The van der Waals surface area contributed by atoms with E-state index >= 15 is 0 Å². The molecule has 24 heavy (non-hydrogen) atoms. The fraction of sp³-hybridized carbons (Fsp3) is 0.632. The molecule has 0 fully saturated rings. The van der Waals surface area contributed by atoms with Crippen LogP contribution in [-0.4, -0.2) is 23.9 Å². The van der Waals surface area contributed by atoms with Crippen LogP contribution in [0.15, 0.2) is 17.6 Å². The van der Waals surface area contributed by atoms with Crippen LogP contribution in [-0.2, 0) is 16.3 Å². The third-order valence-corrected chi connectivity index (χ3v) is 8.31. The SMILES string of the molecule is Cc1c(CCCCCCCS(=O)(=O)C(C)(C)C)ccc2ncsc12. The quantitative estimate of drug-likeness (QED) is 0.594. The normalized spacial score (nSPS) is 12.8. The number of thiazole rings is 1. The van der Waals surface area contributed by atoms with Crippen molar-refractivity contribution in [2.45, 2.75) is 71.0 Å². The molecule has 0 atom stereocenters. The monoisotopic (exact) mass is 367 g/mol. The van der Waals surface area contributed by atoms with Gasteiger partial charge in [0, 0.05) is 0 Å². The molecule has 0 saturated carbocycles. The van der Waals surface area contributed by atoms with Crippen LogP contribution < -0.4 is 0 Å². The van der Waals surface area contributed by atoms with Gasteiger partial charge in [-0.3, -0.25) is 0 Å². The van der Waals surface area contributed by atoms with Gasteiger partial charge in [-0.25, -0.2) is 13.4 Å². The molecule has 0 aliphatic carbocycles. The summed E-state index contributed by atoms with van der Waals surface area (Å²) in [7, 11) is -2.96. The van der Waals surface area contributed by atoms with E-state index in [1.165, 1.54) is 15.8 Å². The zero-order valence-corrected chi connectivity index (χ0v) is 16.9. The van der Waals surface area contributed by atoms with Crippen molar-refractivity contribution in [3.8, 4) is 0 Å². The molecule has 2 aromatic rings. The molecule has 0 aliphatic rings. The topological polar surface area (TPSA) is 47.0 Å². The summed E-state index contributed by atoms with van der Waals surface area (Å²) in [6, 6.07) is 4.32. The molecule has 3 nitrogen and oxygen atoms in total. The second-order valence-corrected chi connectivity index (χ2v) is 11.2. The van der Waals surface area contributed by atoms with Gasteiger partial charge in [-0.15, -0.1) is 11.3 Å². The Bertz CT molecular complexity index is 770. The molecule has 1 aromatic carbocycles. The predicted octanol–water partition coefficient (Wildman–Crippen LogP) is 5.31. The first kappa shape index (κ1) is 19.4. The Morgan fingerprint density at radius 2 is 1.71 bits per heavy atom. The van der Waals surface area contributed by atoms with E-state index in [0.29, 0.717) is 5.75 Å². The van der Waals surface area contributed by atoms with Crippen molar-refractivity contribution in [2.75, 3.05) is 5.75 Å². The van der Waals surface area contributed by atoms with Crippen molar-refractivity contribution in [3.63, 3.8) is 0 Å². The standard InChI is InChI=1S/C19H29NO2S2/c1-15-16(11-12-17-18(15)23-14-20-17)10-8-6-5-7-9-13-24(21,22)19(2,3)4/h11-12,14H,5-10,13H2,1-4H3. The minimum atomic E-state index is -2.96. The summed E-state index contributed by atoms with van der Waals surface area (Å²) in [6.07, 6.45) is 6.32. The molecule has 0 spiro atoms. The Kier molecular flexibility index (Phi) is 6.43. The maximum atomic E-state index is 12.0. The van der Waals surface area contributed by atoms with Crippen LogP contribution in [0.25, 0.3) is 10.2 Å². The van der Waals surface area contributed by atoms with Gasteiger partial charge in [-0.05, 0) is 64.2 Å². The van der Waals surface area contributed by atoms with Crippen molar-refractivity contribution in [2.24, 2.45) is 0 Å².